The number of fused-ring (bicyclic) bond motifs is 5. The predicted octanol–water partition coefficient (Wildman–Crippen LogP) is 11.4. The highest BCUT2D eigenvalue weighted by Crippen LogP contribution is 2.70. The van der Waals surface area contributed by atoms with Crippen molar-refractivity contribution in [2.45, 2.75) is 37.5 Å². The van der Waals surface area contributed by atoms with Gasteiger partial charge in [-0.1, -0.05) is 133 Å². The molecule has 5 aliphatic carbocycles. The quantitative estimate of drug-likeness (QED) is 0.192. The lowest BCUT2D eigenvalue weighted by Crippen LogP contribution is -2.55. The first-order chi connectivity index (χ1) is 24.7. The van der Waals surface area contributed by atoms with Crippen molar-refractivity contribution in [3.8, 4) is 56.4 Å². The molecule has 0 saturated heterocycles. The van der Waals surface area contributed by atoms with Crippen LogP contribution >= 0.6 is 0 Å². The molecule has 0 aliphatic heterocycles. The van der Waals surface area contributed by atoms with Gasteiger partial charge in [0.25, 0.3) is 0 Å². The highest BCUT2D eigenvalue weighted by molar-refractivity contribution is 6.03. The summed E-state index contributed by atoms with van der Waals surface area (Å²) in [5.41, 5.74) is 11.5. The zero-order chi connectivity index (χ0) is 32.8. The van der Waals surface area contributed by atoms with Gasteiger partial charge in [-0.3, -0.25) is 0 Å². The molecular weight excluding hydrogens is 607 g/mol. The fraction of sp³-hybridized carbons (Fsp3) is 0.213. The minimum absolute atomic E-state index is 0.112. The van der Waals surface area contributed by atoms with Crippen LogP contribution in [0.2, 0.25) is 0 Å². The minimum atomic E-state index is 0.112. The summed E-state index contributed by atoms with van der Waals surface area (Å²) in [4.78, 5) is 15.4. The van der Waals surface area contributed by atoms with Crippen LogP contribution in [0.5, 0.6) is 0 Å². The summed E-state index contributed by atoms with van der Waals surface area (Å²) in [6, 6.07) is 50.5. The Hall–Kier alpha value is -5.41. The molecule has 4 bridgehead atoms. The Morgan fingerprint density at radius 1 is 0.420 bits per heavy atom. The zero-order valence-electron chi connectivity index (χ0n) is 28.0. The highest BCUT2D eigenvalue weighted by Gasteiger charge is 2.61. The van der Waals surface area contributed by atoms with E-state index in [1.54, 1.807) is 11.1 Å². The monoisotopic (exact) mass is 643 g/mol. The summed E-state index contributed by atoms with van der Waals surface area (Å²) < 4.78 is 0. The molecule has 50 heavy (non-hydrogen) atoms. The van der Waals surface area contributed by atoms with E-state index in [-0.39, 0.29) is 5.41 Å². The molecule has 4 saturated carbocycles. The van der Waals surface area contributed by atoms with Crippen molar-refractivity contribution in [3.05, 3.63) is 151 Å². The van der Waals surface area contributed by atoms with Crippen LogP contribution in [0, 0.1) is 23.7 Å². The van der Waals surface area contributed by atoms with Gasteiger partial charge in [0.15, 0.2) is 17.5 Å². The van der Waals surface area contributed by atoms with Crippen LogP contribution in [-0.2, 0) is 5.41 Å². The Bertz CT molecular complexity index is 2400. The van der Waals surface area contributed by atoms with Crippen molar-refractivity contribution < 1.29 is 0 Å². The normalized spacial score (nSPS) is 24.1. The first-order valence-corrected chi connectivity index (χ1v) is 18.4. The van der Waals surface area contributed by atoms with E-state index in [1.807, 2.05) is 6.07 Å². The lowest BCUT2D eigenvalue weighted by Gasteiger charge is -2.61. The number of benzene rings is 6. The summed E-state index contributed by atoms with van der Waals surface area (Å²) in [7, 11) is 0. The number of nitrogens with zero attached hydrogens (tertiary/aromatic N) is 3. The van der Waals surface area contributed by atoms with Crippen molar-refractivity contribution in [1.82, 2.24) is 15.0 Å². The van der Waals surface area contributed by atoms with E-state index in [0.29, 0.717) is 11.6 Å². The van der Waals surface area contributed by atoms with E-state index < -0.39 is 0 Å². The first kappa shape index (κ1) is 28.4. The second kappa shape index (κ2) is 10.8. The van der Waals surface area contributed by atoms with Crippen LogP contribution in [-0.4, -0.2) is 15.0 Å². The number of aromatic nitrogens is 3. The van der Waals surface area contributed by atoms with Crippen molar-refractivity contribution in [2.24, 2.45) is 23.7 Å². The summed E-state index contributed by atoms with van der Waals surface area (Å²) in [5, 5.41) is 2.69. The van der Waals surface area contributed by atoms with E-state index in [2.05, 4.69) is 133 Å². The Kier molecular flexibility index (Phi) is 6.14. The van der Waals surface area contributed by atoms with Gasteiger partial charge in [0.05, 0.1) is 0 Å². The molecule has 1 spiro atoms. The molecule has 6 aromatic carbocycles. The molecule has 0 unspecified atom stereocenters. The van der Waals surface area contributed by atoms with Gasteiger partial charge in [-0.2, -0.15) is 0 Å². The third-order valence-corrected chi connectivity index (χ3v) is 12.7. The lowest BCUT2D eigenvalue weighted by molar-refractivity contribution is -0.0399. The van der Waals surface area contributed by atoms with Crippen LogP contribution in [0.25, 0.3) is 67.2 Å². The molecule has 7 aromatic rings. The Labute approximate surface area is 293 Å². The van der Waals surface area contributed by atoms with E-state index in [1.165, 1.54) is 65.1 Å². The van der Waals surface area contributed by atoms with E-state index in [4.69, 9.17) is 15.0 Å². The van der Waals surface area contributed by atoms with Crippen molar-refractivity contribution in [2.75, 3.05) is 0 Å². The fourth-order valence-corrected chi connectivity index (χ4v) is 10.9. The number of rotatable bonds is 4. The third-order valence-electron chi connectivity index (χ3n) is 12.7. The molecule has 0 amide bonds. The van der Waals surface area contributed by atoms with E-state index >= 15 is 0 Å². The second-order valence-electron chi connectivity index (χ2n) is 15.3. The number of hydrogen-bond acceptors (Lipinski definition) is 3. The third kappa shape index (κ3) is 4.13. The second-order valence-corrected chi connectivity index (χ2v) is 15.3. The summed E-state index contributed by atoms with van der Waals surface area (Å²) >= 11 is 0. The topological polar surface area (TPSA) is 38.7 Å². The first-order valence-electron chi connectivity index (χ1n) is 18.4. The van der Waals surface area contributed by atoms with Crippen molar-refractivity contribution in [1.29, 1.82) is 0 Å². The van der Waals surface area contributed by atoms with Crippen LogP contribution in [0.4, 0.5) is 0 Å². The van der Waals surface area contributed by atoms with Gasteiger partial charge in [-0.05, 0) is 106 Å². The van der Waals surface area contributed by atoms with Crippen LogP contribution in [0.15, 0.2) is 140 Å². The van der Waals surface area contributed by atoms with Crippen LogP contribution in [0.1, 0.15) is 43.2 Å². The standard InChI is InChI=1S/C47H37N3/c1-3-9-31(10-4-1)32-15-17-35(18-16-32)45-48-44(34-12-5-2-6-13-34)49-46(50-45)36-20-21-41-40(28-36)43-39-14-8-7-11-33(39)19-22-42(43)47(41)37-24-29-23-30(26-37)27-38(47)25-29/h1-22,28-30,37-38H,23-27H2. The summed E-state index contributed by atoms with van der Waals surface area (Å²) in [5.74, 6) is 5.38. The lowest BCUT2D eigenvalue weighted by atomic mass is 9.43. The molecule has 0 atom stereocenters. The van der Waals surface area contributed by atoms with Crippen molar-refractivity contribution >= 4 is 10.8 Å². The van der Waals surface area contributed by atoms with Crippen molar-refractivity contribution in [3.63, 3.8) is 0 Å². The predicted molar refractivity (Wildman–Crippen MR) is 202 cm³/mol. The largest absolute Gasteiger partial charge is 0.208 e. The van der Waals surface area contributed by atoms with Gasteiger partial charge in [0.2, 0.25) is 0 Å². The maximum absolute atomic E-state index is 5.20. The SMILES string of the molecule is c1ccc(-c2ccc(-c3nc(-c4ccccc4)nc(-c4ccc5c(c4)-c4c(ccc6ccccc46)C54C5CC6CC(C5)CC4C6)n3)cc2)cc1. The molecule has 1 aromatic heterocycles. The van der Waals surface area contributed by atoms with E-state index in [9.17, 15) is 0 Å². The molecular formula is C47H37N3. The Morgan fingerprint density at radius 2 is 0.920 bits per heavy atom. The molecule has 3 nitrogen and oxygen atoms in total. The maximum Gasteiger partial charge on any atom is 0.164 e. The Balaban J connectivity index is 1.10. The smallest absolute Gasteiger partial charge is 0.164 e. The van der Waals surface area contributed by atoms with Gasteiger partial charge in [-0.25, -0.2) is 15.0 Å². The average molecular weight is 644 g/mol. The molecule has 5 aliphatic rings. The molecule has 4 fully saturated rings. The fourth-order valence-electron chi connectivity index (χ4n) is 10.9. The van der Waals surface area contributed by atoms with Crippen LogP contribution < -0.4 is 0 Å². The van der Waals surface area contributed by atoms with Gasteiger partial charge in [-0.15, -0.1) is 0 Å². The molecule has 1 heterocycles. The summed E-state index contributed by atoms with van der Waals surface area (Å²) in [6.45, 7) is 0. The minimum Gasteiger partial charge on any atom is -0.208 e. The molecule has 0 radical (unpaired) electrons. The van der Waals surface area contributed by atoms with Gasteiger partial charge < -0.3 is 0 Å². The van der Waals surface area contributed by atoms with E-state index in [0.717, 1.165) is 46.2 Å². The zero-order valence-corrected chi connectivity index (χ0v) is 28.0. The highest BCUT2D eigenvalue weighted by atomic mass is 15.0. The number of hydrogen-bond donors (Lipinski definition) is 0. The molecule has 0 N–H and O–H groups in total. The molecule has 3 heteroatoms. The Morgan fingerprint density at radius 3 is 1.60 bits per heavy atom. The maximum atomic E-state index is 5.20. The summed E-state index contributed by atoms with van der Waals surface area (Å²) in [6.07, 6.45) is 6.96. The average Bonchev–Trinajstić information content (AvgIpc) is 3.48. The van der Waals surface area contributed by atoms with Gasteiger partial charge in [0, 0.05) is 22.1 Å². The van der Waals surface area contributed by atoms with Crippen LogP contribution in [0.3, 0.4) is 0 Å². The molecule has 12 rings (SSSR count). The van der Waals surface area contributed by atoms with Gasteiger partial charge >= 0.3 is 0 Å². The van der Waals surface area contributed by atoms with Gasteiger partial charge in [0.1, 0.15) is 0 Å². The molecule has 240 valence electrons.